The van der Waals surface area contributed by atoms with E-state index in [0.29, 0.717) is 38.8 Å². The minimum absolute atomic E-state index is 0.0145. The topological polar surface area (TPSA) is 241 Å². The van der Waals surface area contributed by atoms with Gasteiger partial charge >= 0.3 is 0 Å². The molecule has 42 heavy (non-hydrogen) atoms. The third-order valence-electron chi connectivity index (χ3n) is 6.55. The average molecular weight is 617 g/mol. The lowest BCUT2D eigenvalue weighted by Gasteiger charge is -2.29. The van der Waals surface area contributed by atoms with Gasteiger partial charge in [-0.25, -0.2) is 0 Å². The molecule has 15 heteroatoms. The van der Waals surface area contributed by atoms with Crippen LogP contribution in [0.5, 0.6) is 0 Å². The highest BCUT2D eigenvalue weighted by atomic mass is 32.1. The Hall–Kier alpha value is -2.91. The van der Waals surface area contributed by atoms with Crippen LogP contribution in [0, 0.1) is 11.8 Å². The van der Waals surface area contributed by atoms with E-state index in [1.165, 1.54) is 6.92 Å². The lowest BCUT2D eigenvalue weighted by atomic mass is 9.99. The van der Waals surface area contributed by atoms with E-state index in [2.05, 4.69) is 39.2 Å². The summed E-state index contributed by atoms with van der Waals surface area (Å²) in [5.74, 6) is -4.14. The Morgan fingerprint density at radius 3 is 1.36 bits per heavy atom. The first-order chi connectivity index (χ1) is 19.7. The molecule has 11 N–H and O–H groups in total. The van der Waals surface area contributed by atoms with Crippen molar-refractivity contribution in [3.63, 3.8) is 0 Å². The van der Waals surface area contributed by atoms with E-state index >= 15 is 0 Å². The zero-order valence-corrected chi connectivity index (χ0v) is 26.4. The maximum absolute atomic E-state index is 13.4. The SMILES string of the molecule is CC(=O)N[C@@H](CS)C(=O)N[C@@H](CCCCN)C(=O)N[C@H](C(=O)N[C@@H](CCCCN)C(=O)N[C@H](C(N)=O)C(C)C)C(C)C. The van der Waals surface area contributed by atoms with E-state index in [1.54, 1.807) is 27.7 Å². The number of thiol groups is 1. The fourth-order valence-corrected chi connectivity index (χ4v) is 4.36. The largest absolute Gasteiger partial charge is 0.368 e. The number of unbranched alkanes of at least 4 members (excludes halogenated alkanes) is 2. The van der Waals surface area contributed by atoms with Gasteiger partial charge in [0.25, 0.3) is 0 Å². The van der Waals surface area contributed by atoms with Gasteiger partial charge in [0.05, 0.1) is 0 Å². The molecule has 14 nitrogen and oxygen atoms in total. The van der Waals surface area contributed by atoms with Crippen molar-refractivity contribution in [2.45, 2.75) is 103 Å². The molecule has 5 atom stereocenters. The van der Waals surface area contributed by atoms with Crippen LogP contribution in [0.3, 0.4) is 0 Å². The van der Waals surface area contributed by atoms with E-state index in [0.717, 1.165) is 0 Å². The van der Waals surface area contributed by atoms with Crippen molar-refractivity contribution in [1.82, 2.24) is 26.6 Å². The number of hydrogen-bond donors (Lipinski definition) is 9. The summed E-state index contributed by atoms with van der Waals surface area (Å²) in [5, 5.41) is 13.2. The Morgan fingerprint density at radius 1 is 0.595 bits per heavy atom. The van der Waals surface area contributed by atoms with Gasteiger partial charge in [-0.15, -0.1) is 0 Å². The van der Waals surface area contributed by atoms with Crippen LogP contribution in [-0.4, -0.2) is 84.5 Å². The maximum atomic E-state index is 13.4. The fraction of sp³-hybridized carbons (Fsp3) is 0.778. The number of rotatable bonds is 21. The van der Waals surface area contributed by atoms with Crippen LogP contribution in [0.2, 0.25) is 0 Å². The summed E-state index contributed by atoms with van der Waals surface area (Å²) in [5.41, 5.74) is 16.6. The number of primary amides is 1. The first kappa shape index (κ1) is 39.1. The standard InChI is InChI=1S/C27H52N8O6S/c1-15(2)21(23(30)37)34-24(38)19(11-7-9-13-29)33-27(41)22(16(3)4)35-25(39)18(10-6-8-12-28)32-26(40)20(14-42)31-17(5)36/h15-16,18-22,42H,6-14,28-29H2,1-5H3,(H2,30,37)(H,31,36)(H,32,40)(H,33,41)(H,34,38)(H,35,39)/t18-,19-,20-,21-,22-/m0/s1. The second-order valence-electron chi connectivity index (χ2n) is 11.0. The molecule has 0 aliphatic carbocycles. The van der Waals surface area contributed by atoms with Gasteiger partial charge in [-0.2, -0.15) is 12.6 Å². The number of nitrogens with one attached hydrogen (secondary N) is 5. The van der Waals surface area contributed by atoms with Gasteiger partial charge in [0, 0.05) is 12.7 Å². The summed E-state index contributed by atoms with van der Waals surface area (Å²) in [4.78, 5) is 76.0. The highest BCUT2D eigenvalue weighted by molar-refractivity contribution is 7.80. The van der Waals surface area contributed by atoms with Crippen LogP contribution >= 0.6 is 12.6 Å². The van der Waals surface area contributed by atoms with E-state index in [1.807, 2.05) is 0 Å². The summed E-state index contributed by atoms with van der Waals surface area (Å²) in [7, 11) is 0. The molecule has 0 fully saturated rings. The van der Waals surface area contributed by atoms with Crippen molar-refractivity contribution < 1.29 is 28.8 Å². The maximum Gasteiger partial charge on any atom is 0.244 e. The van der Waals surface area contributed by atoms with Crippen molar-refractivity contribution in [2.24, 2.45) is 29.0 Å². The Bertz CT molecular complexity index is 904. The molecule has 242 valence electrons. The van der Waals surface area contributed by atoms with E-state index in [-0.39, 0.29) is 30.4 Å². The second kappa shape index (κ2) is 20.9. The summed E-state index contributed by atoms with van der Waals surface area (Å²) in [6, 6.07) is -4.95. The van der Waals surface area contributed by atoms with Gasteiger partial charge in [0.1, 0.15) is 30.2 Å². The van der Waals surface area contributed by atoms with E-state index < -0.39 is 65.7 Å². The average Bonchev–Trinajstić information content (AvgIpc) is 2.91. The predicted octanol–water partition coefficient (Wildman–Crippen LogP) is -1.58. The lowest BCUT2D eigenvalue weighted by Crippen LogP contribution is -2.60. The first-order valence-corrected chi connectivity index (χ1v) is 15.1. The number of amides is 6. The van der Waals surface area contributed by atoms with Gasteiger partial charge in [-0.3, -0.25) is 28.8 Å². The molecule has 0 spiro atoms. The third-order valence-corrected chi connectivity index (χ3v) is 6.92. The minimum atomic E-state index is -1.05. The first-order valence-electron chi connectivity index (χ1n) is 14.5. The highest BCUT2D eigenvalue weighted by Crippen LogP contribution is 2.10. The molecule has 0 aliphatic rings. The van der Waals surface area contributed by atoms with Crippen LogP contribution in [0.25, 0.3) is 0 Å². The van der Waals surface area contributed by atoms with Crippen molar-refractivity contribution in [1.29, 1.82) is 0 Å². The second-order valence-corrected chi connectivity index (χ2v) is 11.4. The van der Waals surface area contributed by atoms with E-state index in [9.17, 15) is 28.8 Å². The Labute approximate surface area is 254 Å². The van der Waals surface area contributed by atoms with Crippen molar-refractivity contribution in [3.8, 4) is 0 Å². The van der Waals surface area contributed by atoms with Crippen molar-refractivity contribution in [3.05, 3.63) is 0 Å². The minimum Gasteiger partial charge on any atom is -0.368 e. The van der Waals surface area contributed by atoms with Gasteiger partial charge in [0.2, 0.25) is 35.4 Å². The number of carbonyl (C=O) groups excluding carboxylic acids is 6. The molecule has 0 radical (unpaired) electrons. The zero-order chi connectivity index (χ0) is 32.4. The van der Waals surface area contributed by atoms with Crippen molar-refractivity contribution >= 4 is 48.1 Å². The molecular weight excluding hydrogens is 564 g/mol. The summed E-state index contributed by atoms with van der Waals surface area (Å²) in [6.45, 7) is 8.99. The fourth-order valence-electron chi connectivity index (χ4n) is 4.11. The summed E-state index contributed by atoms with van der Waals surface area (Å²) >= 11 is 4.11. The van der Waals surface area contributed by atoms with Crippen molar-refractivity contribution in [2.75, 3.05) is 18.8 Å². The van der Waals surface area contributed by atoms with Crippen LogP contribution < -0.4 is 43.8 Å². The molecule has 6 amide bonds. The van der Waals surface area contributed by atoms with E-state index in [4.69, 9.17) is 17.2 Å². The normalized spacial score (nSPS) is 14.7. The smallest absolute Gasteiger partial charge is 0.244 e. The molecule has 0 heterocycles. The number of hydrogen-bond acceptors (Lipinski definition) is 9. The van der Waals surface area contributed by atoms with Gasteiger partial charge in [-0.1, -0.05) is 27.7 Å². The molecule has 0 rings (SSSR count). The quantitative estimate of drug-likeness (QED) is 0.0537. The highest BCUT2D eigenvalue weighted by Gasteiger charge is 2.33. The van der Waals surface area contributed by atoms with Crippen LogP contribution in [0.1, 0.15) is 73.1 Å². The molecule has 0 unspecified atom stereocenters. The molecule has 0 aromatic rings. The molecule has 0 aliphatic heterocycles. The summed E-state index contributed by atoms with van der Waals surface area (Å²) < 4.78 is 0. The number of carbonyl (C=O) groups is 6. The molecule has 0 saturated heterocycles. The van der Waals surface area contributed by atoms with Gasteiger partial charge in [-0.05, 0) is 63.5 Å². The zero-order valence-electron chi connectivity index (χ0n) is 25.5. The predicted molar refractivity (Wildman–Crippen MR) is 164 cm³/mol. The molecule has 0 aromatic heterocycles. The molecule has 0 aromatic carbocycles. The third kappa shape index (κ3) is 14.8. The Morgan fingerprint density at radius 2 is 1.00 bits per heavy atom. The Balaban J connectivity index is 5.85. The van der Waals surface area contributed by atoms with Crippen LogP contribution in [0.4, 0.5) is 0 Å². The van der Waals surface area contributed by atoms with Gasteiger partial charge in [0.15, 0.2) is 0 Å². The monoisotopic (exact) mass is 616 g/mol. The summed E-state index contributed by atoms with van der Waals surface area (Å²) in [6.07, 6.45) is 2.78. The molecule has 0 bridgehead atoms. The Kier molecular flexibility index (Phi) is 19.4. The van der Waals surface area contributed by atoms with Crippen LogP contribution in [0.15, 0.2) is 0 Å². The molecule has 0 saturated carbocycles. The lowest BCUT2D eigenvalue weighted by molar-refractivity contribution is -0.135. The van der Waals surface area contributed by atoms with Gasteiger partial charge < -0.3 is 43.8 Å². The molecular formula is C27H52N8O6S. The van der Waals surface area contributed by atoms with Crippen LogP contribution in [-0.2, 0) is 28.8 Å². The number of nitrogens with two attached hydrogens (primary N) is 3.